The van der Waals surface area contributed by atoms with Gasteiger partial charge in [0.05, 0.1) is 46.8 Å². The Labute approximate surface area is 271 Å². The second-order valence-corrected chi connectivity index (χ2v) is 11.7. The largest absolute Gasteiger partial charge is 0.491 e. The molecular formula is C36H35N3O6S. The smallest absolute Gasteiger partial charge is 0.338 e. The van der Waals surface area contributed by atoms with E-state index in [0.29, 0.717) is 55.6 Å². The van der Waals surface area contributed by atoms with Gasteiger partial charge in [-0.05, 0) is 70.5 Å². The Morgan fingerprint density at radius 2 is 1.78 bits per heavy atom. The zero-order valence-corrected chi connectivity index (χ0v) is 27.2. The number of nitriles is 1. The molecule has 1 aliphatic rings. The molecule has 0 radical (unpaired) electrons. The molecule has 3 aromatic carbocycles. The monoisotopic (exact) mass is 637 g/mol. The molecule has 1 atom stereocenters. The van der Waals surface area contributed by atoms with Crippen molar-refractivity contribution in [2.75, 3.05) is 13.2 Å². The molecule has 2 heterocycles. The average molecular weight is 638 g/mol. The van der Waals surface area contributed by atoms with Crippen LogP contribution in [0.1, 0.15) is 62.9 Å². The van der Waals surface area contributed by atoms with Gasteiger partial charge in [-0.3, -0.25) is 9.36 Å². The zero-order chi connectivity index (χ0) is 32.8. The number of carbonyl (C=O) groups is 1. The highest BCUT2D eigenvalue weighted by Crippen LogP contribution is 2.36. The minimum atomic E-state index is -0.793. The number of carbonyl (C=O) groups excluding carboxylic acids is 1. The minimum Gasteiger partial charge on any atom is -0.491 e. The molecular weight excluding hydrogens is 602 g/mol. The maximum absolute atomic E-state index is 14.1. The van der Waals surface area contributed by atoms with Gasteiger partial charge in [0.1, 0.15) is 18.4 Å². The van der Waals surface area contributed by atoms with Crippen LogP contribution in [0.3, 0.4) is 0 Å². The Hall–Kier alpha value is -5.14. The molecule has 0 amide bonds. The van der Waals surface area contributed by atoms with Crippen LogP contribution in [0.2, 0.25) is 0 Å². The van der Waals surface area contributed by atoms with Crippen LogP contribution in [0.5, 0.6) is 17.2 Å². The summed E-state index contributed by atoms with van der Waals surface area (Å²) < 4.78 is 25.5. The van der Waals surface area contributed by atoms with Gasteiger partial charge >= 0.3 is 5.97 Å². The topological polar surface area (TPSA) is 112 Å². The lowest BCUT2D eigenvalue weighted by molar-refractivity contribution is -0.139. The number of fused-ring (bicyclic) bond motifs is 1. The van der Waals surface area contributed by atoms with Crippen LogP contribution in [0.15, 0.2) is 87.8 Å². The van der Waals surface area contributed by atoms with Crippen LogP contribution in [0, 0.1) is 11.3 Å². The number of para-hydroxylation sites is 1. The SMILES string of the molecule is CCOC(=O)C1=C(C)N=c2s/c(=C/c3ccc(OCc4ccccc4C#N)c(OCC)c3)c(=O)n2[C@H]1c1ccccc1OC(C)C. The molecule has 236 valence electrons. The highest BCUT2D eigenvalue weighted by atomic mass is 32.1. The van der Waals surface area contributed by atoms with E-state index >= 15 is 0 Å². The van der Waals surface area contributed by atoms with Gasteiger partial charge in [-0.2, -0.15) is 5.26 Å². The van der Waals surface area contributed by atoms with Crippen LogP contribution in [-0.2, 0) is 16.1 Å². The average Bonchev–Trinajstić information content (AvgIpc) is 3.34. The Bertz CT molecular complexity index is 2020. The van der Waals surface area contributed by atoms with Crippen molar-refractivity contribution in [2.45, 2.75) is 53.4 Å². The number of hydrogen-bond donors (Lipinski definition) is 0. The summed E-state index contributed by atoms with van der Waals surface area (Å²) in [6.45, 7) is 10.0. The third kappa shape index (κ3) is 6.75. The number of nitrogens with zero attached hydrogens (tertiary/aromatic N) is 3. The lowest BCUT2D eigenvalue weighted by atomic mass is 9.95. The number of rotatable bonds is 11. The summed E-state index contributed by atoms with van der Waals surface area (Å²) in [5, 5.41) is 9.42. The molecule has 0 saturated carbocycles. The molecule has 0 saturated heterocycles. The van der Waals surface area contributed by atoms with Crippen LogP contribution in [0.25, 0.3) is 6.08 Å². The predicted octanol–water partition coefficient (Wildman–Crippen LogP) is 5.43. The number of hydrogen-bond acceptors (Lipinski definition) is 9. The van der Waals surface area contributed by atoms with Crippen LogP contribution < -0.4 is 29.1 Å². The van der Waals surface area contributed by atoms with Crippen molar-refractivity contribution < 1.29 is 23.7 Å². The molecule has 10 heteroatoms. The fourth-order valence-corrected chi connectivity index (χ4v) is 6.26. The minimum absolute atomic E-state index is 0.124. The van der Waals surface area contributed by atoms with Gasteiger partial charge < -0.3 is 18.9 Å². The van der Waals surface area contributed by atoms with Crippen LogP contribution in [-0.4, -0.2) is 29.9 Å². The maximum atomic E-state index is 14.1. The lowest BCUT2D eigenvalue weighted by Gasteiger charge is -2.26. The van der Waals surface area contributed by atoms with E-state index in [1.807, 2.05) is 75.4 Å². The number of allylic oxidation sites excluding steroid dienone is 1. The first-order valence-electron chi connectivity index (χ1n) is 15.1. The van der Waals surface area contributed by atoms with E-state index in [1.165, 1.54) is 11.3 Å². The van der Waals surface area contributed by atoms with E-state index in [2.05, 4.69) is 11.1 Å². The van der Waals surface area contributed by atoms with Gasteiger partial charge in [-0.15, -0.1) is 0 Å². The number of esters is 1. The van der Waals surface area contributed by atoms with Crippen LogP contribution >= 0.6 is 11.3 Å². The van der Waals surface area contributed by atoms with Crippen molar-refractivity contribution >= 4 is 23.4 Å². The second kappa shape index (κ2) is 14.3. The number of aromatic nitrogens is 1. The molecule has 0 unspecified atom stereocenters. The van der Waals surface area contributed by atoms with Crippen molar-refractivity contribution in [3.8, 4) is 23.3 Å². The normalized spacial score (nSPS) is 14.4. The van der Waals surface area contributed by atoms with Crippen molar-refractivity contribution in [2.24, 2.45) is 4.99 Å². The fourth-order valence-electron chi connectivity index (χ4n) is 5.22. The van der Waals surface area contributed by atoms with Gasteiger partial charge in [-0.25, -0.2) is 9.79 Å². The molecule has 9 nitrogen and oxygen atoms in total. The van der Waals surface area contributed by atoms with Crippen molar-refractivity contribution in [1.82, 2.24) is 4.57 Å². The molecule has 4 aromatic rings. The summed E-state index contributed by atoms with van der Waals surface area (Å²) in [6, 6.07) is 21.5. The predicted molar refractivity (Wildman–Crippen MR) is 176 cm³/mol. The quantitative estimate of drug-likeness (QED) is 0.202. The van der Waals surface area contributed by atoms with E-state index < -0.39 is 12.0 Å². The van der Waals surface area contributed by atoms with E-state index in [9.17, 15) is 14.9 Å². The van der Waals surface area contributed by atoms with E-state index in [4.69, 9.17) is 18.9 Å². The van der Waals surface area contributed by atoms with E-state index in [1.54, 1.807) is 36.6 Å². The van der Waals surface area contributed by atoms with Crippen molar-refractivity contribution in [3.05, 3.63) is 120 Å². The standard InChI is InChI=1S/C36H35N3O6S/c1-6-42-30-18-24(16-17-29(30)44-21-26-13-9-8-12-25(26)20-37)19-31-34(40)39-33(27-14-10-11-15-28(27)45-22(3)4)32(35(41)43-7-2)23(5)38-36(39)46-31/h8-19,22,33H,6-7,21H2,1-5H3/b31-19+/t33-/m0/s1. The van der Waals surface area contributed by atoms with Gasteiger partial charge in [0.15, 0.2) is 16.3 Å². The second-order valence-electron chi connectivity index (χ2n) is 10.7. The summed E-state index contributed by atoms with van der Waals surface area (Å²) in [5.41, 5.74) is 3.18. The number of ether oxygens (including phenoxy) is 4. The van der Waals surface area contributed by atoms with Gasteiger partial charge in [-0.1, -0.05) is 53.8 Å². The summed E-state index contributed by atoms with van der Waals surface area (Å²) in [4.78, 5) is 32.6. The molecule has 0 N–H and O–H groups in total. The molecule has 0 aliphatic carbocycles. The highest BCUT2D eigenvalue weighted by Gasteiger charge is 2.35. The molecule has 0 spiro atoms. The fraction of sp³-hybridized carbons (Fsp3) is 0.278. The lowest BCUT2D eigenvalue weighted by Crippen LogP contribution is -2.40. The van der Waals surface area contributed by atoms with Crippen molar-refractivity contribution in [3.63, 3.8) is 0 Å². The van der Waals surface area contributed by atoms with Crippen LogP contribution in [0.4, 0.5) is 0 Å². The summed E-state index contributed by atoms with van der Waals surface area (Å²) >= 11 is 1.24. The Morgan fingerprint density at radius 1 is 1.02 bits per heavy atom. The Morgan fingerprint density at radius 3 is 2.52 bits per heavy atom. The Balaban J connectivity index is 1.58. The maximum Gasteiger partial charge on any atom is 0.338 e. The molecule has 0 bridgehead atoms. The zero-order valence-electron chi connectivity index (χ0n) is 26.4. The third-order valence-corrected chi connectivity index (χ3v) is 8.16. The third-order valence-electron chi connectivity index (χ3n) is 7.18. The van der Waals surface area contributed by atoms with Gasteiger partial charge in [0.2, 0.25) is 0 Å². The summed E-state index contributed by atoms with van der Waals surface area (Å²) in [6.07, 6.45) is 1.65. The van der Waals surface area contributed by atoms with E-state index in [0.717, 1.165) is 11.1 Å². The highest BCUT2D eigenvalue weighted by molar-refractivity contribution is 7.07. The molecule has 46 heavy (non-hydrogen) atoms. The van der Waals surface area contributed by atoms with Crippen molar-refractivity contribution in [1.29, 1.82) is 5.26 Å². The number of thiazole rings is 1. The summed E-state index contributed by atoms with van der Waals surface area (Å²) in [5.74, 6) is 1.07. The molecule has 1 aliphatic heterocycles. The first-order valence-corrected chi connectivity index (χ1v) is 15.9. The first-order chi connectivity index (χ1) is 22.2. The molecule has 5 rings (SSSR count). The summed E-state index contributed by atoms with van der Waals surface area (Å²) in [7, 11) is 0. The van der Waals surface area contributed by atoms with Gasteiger partial charge in [0.25, 0.3) is 5.56 Å². The Kier molecular flexibility index (Phi) is 10.0. The van der Waals surface area contributed by atoms with E-state index in [-0.39, 0.29) is 24.9 Å². The number of benzene rings is 3. The first kappa shape index (κ1) is 32.3. The molecule has 0 fully saturated rings. The van der Waals surface area contributed by atoms with Gasteiger partial charge in [0, 0.05) is 11.1 Å². The molecule has 1 aromatic heterocycles.